The Kier molecular flexibility index (Phi) is 5.43. The number of piperazine rings is 1. The summed E-state index contributed by atoms with van der Waals surface area (Å²) in [4.78, 5) is 19.0. The number of hydrogen-bond acceptors (Lipinski definition) is 5. The summed E-state index contributed by atoms with van der Waals surface area (Å²) in [7, 11) is -3.49. The van der Waals surface area contributed by atoms with E-state index < -0.39 is 10.0 Å². The maximum Gasteiger partial charge on any atom is 0.243 e. The molecule has 0 bridgehead atoms. The van der Waals surface area contributed by atoms with Crippen molar-refractivity contribution >= 4 is 27.3 Å². The van der Waals surface area contributed by atoms with Gasteiger partial charge < -0.3 is 4.90 Å². The Balaban J connectivity index is 1.21. The molecule has 1 amide bonds. The van der Waals surface area contributed by atoms with E-state index in [0.29, 0.717) is 49.6 Å². The number of benzene rings is 1. The van der Waals surface area contributed by atoms with Gasteiger partial charge in [0.05, 0.1) is 11.4 Å². The van der Waals surface area contributed by atoms with Crippen molar-refractivity contribution in [2.45, 2.75) is 30.2 Å². The second kappa shape index (κ2) is 8.07. The van der Waals surface area contributed by atoms with Crippen LogP contribution in [0.15, 0.2) is 46.7 Å². The van der Waals surface area contributed by atoms with E-state index in [-0.39, 0.29) is 5.91 Å². The van der Waals surface area contributed by atoms with E-state index in [2.05, 4.69) is 16.3 Å². The zero-order chi connectivity index (χ0) is 20.7. The van der Waals surface area contributed by atoms with Gasteiger partial charge in [-0.25, -0.2) is 8.42 Å². The van der Waals surface area contributed by atoms with Gasteiger partial charge in [-0.05, 0) is 54.3 Å². The first kappa shape index (κ1) is 20.2. The molecule has 2 fully saturated rings. The predicted octanol–water partition coefficient (Wildman–Crippen LogP) is 2.59. The van der Waals surface area contributed by atoms with Crippen molar-refractivity contribution in [3.63, 3.8) is 0 Å². The van der Waals surface area contributed by atoms with Crippen LogP contribution >= 0.6 is 11.3 Å². The lowest BCUT2D eigenvalue weighted by molar-refractivity contribution is -0.134. The molecule has 160 valence electrons. The topological polar surface area (TPSA) is 60.9 Å². The number of rotatable bonds is 5. The summed E-state index contributed by atoms with van der Waals surface area (Å²) < 4.78 is 27.1. The van der Waals surface area contributed by atoms with E-state index in [0.717, 1.165) is 13.0 Å². The van der Waals surface area contributed by atoms with Crippen LogP contribution < -0.4 is 0 Å². The Morgan fingerprint density at radius 2 is 1.73 bits per heavy atom. The lowest BCUT2D eigenvalue weighted by Crippen LogP contribution is -2.53. The van der Waals surface area contributed by atoms with Gasteiger partial charge in [-0.3, -0.25) is 9.69 Å². The molecule has 2 aliphatic heterocycles. The van der Waals surface area contributed by atoms with Gasteiger partial charge >= 0.3 is 0 Å². The fraction of sp³-hybridized carbons (Fsp3) is 0.500. The summed E-state index contributed by atoms with van der Waals surface area (Å²) in [5, 5.41) is 2.18. The van der Waals surface area contributed by atoms with Crippen LogP contribution in [-0.4, -0.2) is 67.7 Å². The highest BCUT2D eigenvalue weighted by atomic mass is 32.2. The summed E-state index contributed by atoms with van der Waals surface area (Å²) in [6.07, 6.45) is 3.52. The fourth-order valence-electron chi connectivity index (χ4n) is 4.73. The summed E-state index contributed by atoms with van der Waals surface area (Å²) in [5.74, 6) is 0.801. The van der Waals surface area contributed by atoms with Gasteiger partial charge in [0.1, 0.15) is 0 Å². The standard InChI is InChI=1S/C22H27N3O3S2/c26-21(16-24-10-8-20-19(9-15-29-20)22(24)17-6-7-17)23-11-13-25(14-12-23)30(27,28)18-4-2-1-3-5-18/h1-5,9,15,17,22H,6-8,10-14,16H2/t22-/m1/s1. The smallest absolute Gasteiger partial charge is 0.243 e. The van der Waals surface area contributed by atoms with Gasteiger partial charge in [-0.2, -0.15) is 4.31 Å². The van der Waals surface area contributed by atoms with E-state index in [1.54, 1.807) is 24.3 Å². The molecule has 1 atom stereocenters. The molecule has 1 aromatic carbocycles. The molecule has 1 saturated heterocycles. The zero-order valence-corrected chi connectivity index (χ0v) is 18.6. The van der Waals surface area contributed by atoms with Crippen LogP contribution in [0.3, 0.4) is 0 Å². The Hall–Kier alpha value is -1.74. The van der Waals surface area contributed by atoms with Crippen LogP contribution in [0.2, 0.25) is 0 Å². The maximum absolute atomic E-state index is 13.1. The molecule has 3 heterocycles. The van der Waals surface area contributed by atoms with Gasteiger partial charge in [0, 0.05) is 43.6 Å². The Bertz CT molecular complexity index is 1010. The van der Waals surface area contributed by atoms with Crippen molar-refractivity contribution < 1.29 is 13.2 Å². The second-order valence-corrected chi connectivity index (χ2v) is 11.3. The van der Waals surface area contributed by atoms with Crippen LogP contribution in [0.1, 0.15) is 29.3 Å². The molecule has 8 heteroatoms. The number of thiophene rings is 1. The SMILES string of the molecule is O=C(CN1CCc2sccc2[C@H]1C1CC1)N1CCN(S(=O)(=O)c2ccccc2)CC1. The number of nitrogens with zero attached hydrogens (tertiary/aromatic N) is 3. The molecule has 1 saturated carbocycles. The third-order valence-corrected chi connectivity index (χ3v) is 9.41. The molecular weight excluding hydrogens is 418 g/mol. The van der Waals surface area contributed by atoms with Gasteiger partial charge in [-0.15, -0.1) is 11.3 Å². The van der Waals surface area contributed by atoms with E-state index in [1.165, 1.54) is 27.6 Å². The third kappa shape index (κ3) is 3.82. The van der Waals surface area contributed by atoms with Crippen molar-refractivity contribution in [2.75, 3.05) is 39.3 Å². The minimum atomic E-state index is -3.49. The van der Waals surface area contributed by atoms with Crippen molar-refractivity contribution in [1.29, 1.82) is 0 Å². The quantitative estimate of drug-likeness (QED) is 0.710. The maximum atomic E-state index is 13.1. The highest BCUT2D eigenvalue weighted by Gasteiger charge is 2.41. The van der Waals surface area contributed by atoms with Crippen molar-refractivity contribution in [3.05, 3.63) is 52.2 Å². The summed E-state index contributed by atoms with van der Waals surface area (Å²) in [5.41, 5.74) is 1.43. The molecule has 0 spiro atoms. The Labute approximate surface area is 182 Å². The van der Waals surface area contributed by atoms with Gasteiger partial charge in [0.25, 0.3) is 0 Å². The molecule has 1 aliphatic carbocycles. The van der Waals surface area contributed by atoms with Crippen LogP contribution in [-0.2, 0) is 21.2 Å². The summed E-state index contributed by atoms with van der Waals surface area (Å²) in [6, 6.07) is 11.2. The van der Waals surface area contributed by atoms with Crippen LogP contribution in [0.4, 0.5) is 0 Å². The molecule has 5 rings (SSSR count). The highest BCUT2D eigenvalue weighted by Crippen LogP contribution is 2.48. The first-order valence-electron chi connectivity index (χ1n) is 10.7. The number of amides is 1. The van der Waals surface area contributed by atoms with E-state index in [1.807, 2.05) is 22.3 Å². The molecule has 2 aromatic rings. The molecule has 1 aromatic heterocycles. The number of carbonyl (C=O) groups excluding carboxylic acids is 1. The minimum Gasteiger partial charge on any atom is -0.339 e. The summed E-state index contributed by atoms with van der Waals surface area (Å²) in [6.45, 7) is 2.98. The molecule has 0 N–H and O–H groups in total. The van der Waals surface area contributed by atoms with Crippen molar-refractivity contribution in [1.82, 2.24) is 14.1 Å². The van der Waals surface area contributed by atoms with Crippen LogP contribution in [0, 0.1) is 5.92 Å². The minimum absolute atomic E-state index is 0.121. The zero-order valence-electron chi connectivity index (χ0n) is 16.9. The van der Waals surface area contributed by atoms with Crippen molar-refractivity contribution in [3.8, 4) is 0 Å². The monoisotopic (exact) mass is 445 g/mol. The first-order valence-corrected chi connectivity index (χ1v) is 13.0. The molecule has 3 aliphatic rings. The van der Waals surface area contributed by atoms with E-state index >= 15 is 0 Å². The van der Waals surface area contributed by atoms with Crippen molar-refractivity contribution in [2.24, 2.45) is 5.92 Å². The van der Waals surface area contributed by atoms with Gasteiger partial charge in [0.15, 0.2) is 0 Å². The number of sulfonamides is 1. The highest BCUT2D eigenvalue weighted by molar-refractivity contribution is 7.89. The molecular formula is C22H27N3O3S2. The predicted molar refractivity (Wildman–Crippen MR) is 117 cm³/mol. The molecule has 6 nitrogen and oxygen atoms in total. The largest absolute Gasteiger partial charge is 0.339 e. The number of fused-ring (bicyclic) bond motifs is 1. The average Bonchev–Trinajstić information content (AvgIpc) is 3.50. The number of carbonyl (C=O) groups is 1. The van der Waals surface area contributed by atoms with Crippen LogP contribution in [0.5, 0.6) is 0 Å². The van der Waals surface area contributed by atoms with E-state index in [9.17, 15) is 13.2 Å². The van der Waals surface area contributed by atoms with Crippen LogP contribution in [0.25, 0.3) is 0 Å². The lowest BCUT2D eigenvalue weighted by Gasteiger charge is -2.39. The molecule has 0 radical (unpaired) electrons. The third-order valence-electron chi connectivity index (χ3n) is 6.50. The normalized spacial score (nSPS) is 23.3. The Morgan fingerprint density at radius 1 is 1.00 bits per heavy atom. The molecule has 30 heavy (non-hydrogen) atoms. The number of hydrogen-bond donors (Lipinski definition) is 0. The second-order valence-electron chi connectivity index (χ2n) is 8.40. The Morgan fingerprint density at radius 3 is 2.43 bits per heavy atom. The van der Waals surface area contributed by atoms with E-state index in [4.69, 9.17) is 0 Å². The first-order chi connectivity index (χ1) is 14.5. The van der Waals surface area contributed by atoms with Gasteiger partial charge in [0.2, 0.25) is 15.9 Å². The average molecular weight is 446 g/mol. The summed E-state index contributed by atoms with van der Waals surface area (Å²) >= 11 is 1.84. The van der Waals surface area contributed by atoms with Gasteiger partial charge in [-0.1, -0.05) is 18.2 Å². The lowest BCUT2D eigenvalue weighted by atomic mass is 9.96. The fourth-order valence-corrected chi connectivity index (χ4v) is 7.09. The molecule has 0 unspecified atom stereocenters.